The van der Waals surface area contributed by atoms with Crippen LogP contribution in [0.15, 0.2) is 52.1 Å². The second-order valence-electron chi connectivity index (χ2n) is 6.36. The molecule has 7 nitrogen and oxygen atoms in total. The molecule has 0 radical (unpaired) electrons. The predicted octanol–water partition coefficient (Wildman–Crippen LogP) is 2.94. The SMILES string of the molecule is CC(C)NS(=O)(=O)c1cccc(CNC(=O)c2c[nH]c3ncc(Br)cc23)c1. The third-order valence-electron chi connectivity index (χ3n) is 3.80. The van der Waals surface area contributed by atoms with Gasteiger partial charge in [-0.15, -0.1) is 0 Å². The molecule has 0 saturated carbocycles. The third-order valence-corrected chi connectivity index (χ3v) is 5.88. The van der Waals surface area contributed by atoms with Crippen molar-refractivity contribution in [1.82, 2.24) is 20.0 Å². The maximum absolute atomic E-state index is 12.5. The quantitative estimate of drug-likeness (QED) is 0.536. The summed E-state index contributed by atoms with van der Waals surface area (Å²) in [5, 5.41) is 3.52. The fourth-order valence-corrected chi connectivity index (χ4v) is 4.30. The molecule has 0 aliphatic heterocycles. The lowest BCUT2D eigenvalue weighted by Gasteiger charge is -2.11. The summed E-state index contributed by atoms with van der Waals surface area (Å²) in [4.78, 5) is 19.9. The molecule has 0 spiro atoms. The van der Waals surface area contributed by atoms with Gasteiger partial charge < -0.3 is 10.3 Å². The number of carbonyl (C=O) groups excluding carboxylic acids is 1. The van der Waals surface area contributed by atoms with Crippen LogP contribution in [0.3, 0.4) is 0 Å². The van der Waals surface area contributed by atoms with Crippen LogP contribution in [0.25, 0.3) is 11.0 Å². The van der Waals surface area contributed by atoms with Gasteiger partial charge in [0.25, 0.3) is 5.91 Å². The lowest BCUT2D eigenvalue weighted by atomic mass is 10.2. The Labute approximate surface area is 165 Å². The standard InChI is InChI=1S/C18H19BrN4O3S/c1-11(2)23-27(25,26)14-5-3-4-12(6-14)8-22-18(24)16-10-21-17-15(16)7-13(19)9-20-17/h3-7,9-11,23H,8H2,1-2H3,(H,20,21)(H,22,24). The van der Waals surface area contributed by atoms with E-state index in [1.807, 2.05) is 6.07 Å². The molecule has 0 aliphatic rings. The van der Waals surface area contributed by atoms with Gasteiger partial charge in [-0.1, -0.05) is 12.1 Å². The molecule has 0 aliphatic carbocycles. The molecule has 0 fully saturated rings. The number of amides is 1. The number of aromatic nitrogens is 2. The number of nitrogens with one attached hydrogen (secondary N) is 3. The number of carbonyl (C=O) groups is 1. The van der Waals surface area contributed by atoms with E-state index in [1.54, 1.807) is 44.4 Å². The highest BCUT2D eigenvalue weighted by Crippen LogP contribution is 2.20. The third kappa shape index (κ3) is 4.55. The Bertz CT molecular complexity index is 1090. The molecule has 1 amide bonds. The zero-order valence-corrected chi connectivity index (χ0v) is 17.2. The van der Waals surface area contributed by atoms with Gasteiger partial charge in [-0.3, -0.25) is 4.79 Å². The van der Waals surface area contributed by atoms with Crippen LogP contribution in [0.2, 0.25) is 0 Å². The molecular formula is C18H19BrN4O3S. The minimum atomic E-state index is -3.58. The minimum absolute atomic E-state index is 0.170. The van der Waals surface area contributed by atoms with Crippen molar-refractivity contribution in [3.8, 4) is 0 Å². The zero-order valence-electron chi connectivity index (χ0n) is 14.8. The van der Waals surface area contributed by atoms with Crippen molar-refractivity contribution in [1.29, 1.82) is 0 Å². The van der Waals surface area contributed by atoms with Crippen LogP contribution in [0.4, 0.5) is 0 Å². The molecule has 3 rings (SSSR count). The Hall–Kier alpha value is -2.23. The Morgan fingerprint density at radius 1 is 1.30 bits per heavy atom. The number of sulfonamides is 1. The average Bonchev–Trinajstić information content (AvgIpc) is 3.02. The van der Waals surface area contributed by atoms with E-state index in [-0.39, 0.29) is 23.4 Å². The summed E-state index contributed by atoms with van der Waals surface area (Å²) in [6.07, 6.45) is 3.25. The van der Waals surface area contributed by atoms with Crippen LogP contribution in [0.1, 0.15) is 29.8 Å². The molecule has 3 N–H and O–H groups in total. The summed E-state index contributed by atoms with van der Waals surface area (Å²) in [5.74, 6) is -0.269. The molecule has 27 heavy (non-hydrogen) atoms. The minimum Gasteiger partial charge on any atom is -0.348 e. The van der Waals surface area contributed by atoms with Gasteiger partial charge in [-0.2, -0.15) is 0 Å². The number of halogens is 1. The van der Waals surface area contributed by atoms with Gasteiger partial charge in [0.05, 0.1) is 10.5 Å². The predicted molar refractivity (Wildman–Crippen MR) is 107 cm³/mol. The highest BCUT2D eigenvalue weighted by molar-refractivity contribution is 9.10. The van der Waals surface area contributed by atoms with E-state index in [2.05, 4.69) is 35.9 Å². The summed E-state index contributed by atoms with van der Waals surface area (Å²) in [7, 11) is -3.58. The molecule has 3 aromatic rings. The van der Waals surface area contributed by atoms with E-state index in [4.69, 9.17) is 0 Å². The molecule has 142 valence electrons. The van der Waals surface area contributed by atoms with E-state index in [0.717, 1.165) is 4.47 Å². The number of hydrogen-bond donors (Lipinski definition) is 3. The lowest BCUT2D eigenvalue weighted by Crippen LogP contribution is -2.30. The first-order valence-corrected chi connectivity index (χ1v) is 10.6. The topological polar surface area (TPSA) is 104 Å². The van der Waals surface area contributed by atoms with Crippen molar-refractivity contribution in [2.45, 2.75) is 31.3 Å². The van der Waals surface area contributed by atoms with Crippen molar-refractivity contribution in [2.24, 2.45) is 0 Å². The molecule has 0 atom stereocenters. The fraction of sp³-hybridized carbons (Fsp3) is 0.222. The van der Waals surface area contributed by atoms with E-state index < -0.39 is 10.0 Å². The number of aromatic amines is 1. The van der Waals surface area contributed by atoms with Crippen LogP contribution in [0.5, 0.6) is 0 Å². The normalized spacial score (nSPS) is 11.9. The van der Waals surface area contributed by atoms with Crippen LogP contribution in [0, 0.1) is 0 Å². The first-order chi connectivity index (χ1) is 12.8. The Morgan fingerprint density at radius 2 is 2.07 bits per heavy atom. The van der Waals surface area contributed by atoms with Gasteiger partial charge in [0, 0.05) is 34.8 Å². The van der Waals surface area contributed by atoms with Crippen molar-refractivity contribution in [2.75, 3.05) is 0 Å². The largest absolute Gasteiger partial charge is 0.348 e. The van der Waals surface area contributed by atoms with Gasteiger partial charge in [0.2, 0.25) is 10.0 Å². The lowest BCUT2D eigenvalue weighted by molar-refractivity contribution is 0.0952. The molecular weight excluding hydrogens is 432 g/mol. The summed E-state index contributed by atoms with van der Waals surface area (Å²) in [5.41, 5.74) is 1.79. The number of rotatable bonds is 6. The van der Waals surface area contributed by atoms with Crippen LogP contribution in [-0.2, 0) is 16.6 Å². The molecule has 0 saturated heterocycles. The van der Waals surface area contributed by atoms with Crippen molar-refractivity contribution < 1.29 is 13.2 Å². The summed E-state index contributed by atoms with van der Waals surface area (Å²) < 4.78 is 27.9. The number of pyridine rings is 1. The van der Waals surface area contributed by atoms with Crippen LogP contribution < -0.4 is 10.0 Å². The van der Waals surface area contributed by atoms with E-state index in [1.165, 1.54) is 6.07 Å². The first-order valence-electron chi connectivity index (χ1n) is 8.28. The number of nitrogens with zero attached hydrogens (tertiary/aromatic N) is 1. The van der Waals surface area contributed by atoms with E-state index in [0.29, 0.717) is 22.2 Å². The van der Waals surface area contributed by atoms with E-state index >= 15 is 0 Å². The molecule has 2 heterocycles. The first kappa shape index (κ1) is 19.5. The number of hydrogen-bond acceptors (Lipinski definition) is 4. The second kappa shape index (κ2) is 7.79. The van der Waals surface area contributed by atoms with Gasteiger partial charge >= 0.3 is 0 Å². The number of H-pyrrole nitrogens is 1. The molecule has 1 aromatic carbocycles. The van der Waals surface area contributed by atoms with E-state index in [9.17, 15) is 13.2 Å². The second-order valence-corrected chi connectivity index (χ2v) is 8.99. The van der Waals surface area contributed by atoms with Gasteiger partial charge in [-0.05, 0) is 53.5 Å². The average molecular weight is 451 g/mol. The summed E-state index contributed by atoms with van der Waals surface area (Å²) in [6, 6.07) is 8.12. The maximum Gasteiger partial charge on any atom is 0.253 e. The smallest absolute Gasteiger partial charge is 0.253 e. The van der Waals surface area contributed by atoms with Gasteiger partial charge in [0.15, 0.2) is 0 Å². The number of benzene rings is 1. The fourth-order valence-electron chi connectivity index (χ4n) is 2.64. The van der Waals surface area contributed by atoms with Crippen LogP contribution >= 0.6 is 15.9 Å². The highest BCUT2D eigenvalue weighted by atomic mass is 79.9. The van der Waals surface area contributed by atoms with Gasteiger partial charge in [-0.25, -0.2) is 18.1 Å². The molecule has 0 unspecified atom stereocenters. The monoisotopic (exact) mass is 450 g/mol. The molecule has 2 aromatic heterocycles. The maximum atomic E-state index is 12.5. The summed E-state index contributed by atoms with van der Waals surface area (Å²) in [6.45, 7) is 3.73. The molecule has 9 heteroatoms. The van der Waals surface area contributed by atoms with Crippen molar-refractivity contribution in [3.05, 3.63) is 58.3 Å². The Morgan fingerprint density at radius 3 is 2.81 bits per heavy atom. The van der Waals surface area contributed by atoms with Crippen molar-refractivity contribution in [3.63, 3.8) is 0 Å². The van der Waals surface area contributed by atoms with Crippen molar-refractivity contribution >= 4 is 42.9 Å². The Balaban J connectivity index is 1.76. The highest BCUT2D eigenvalue weighted by Gasteiger charge is 2.16. The number of fused-ring (bicyclic) bond motifs is 1. The molecule has 0 bridgehead atoms. The Kier molecular flexibility index (Phi) is 5.64. The van der Waals surface area contributed by atoms with Crippen LogP contribution in [-0.4, -0.2) is 30.3 Å². The van der Waals surface area contributed by atoms with Gasteiger partial charge in [0.1, 0.15) is 5.65 Å². The zero-order chi connectivity index (χ0) is 19.6. The summed E-state index contributed by atoms with van der Waals surface area (Å²) >= 11 is 3.35.